The van der Waals surface area contributed by atoms with Crippen LogP contribution in [0.3, 0.4) is 0 Å². The van der Waals surface area contributed by atoms with Gasteiger partial charge in [-0.15, -0.1) is 0 Å². The Balaban J connectivity index is 2.36. The van der Waals surface area contributed by atoms with Gasteiger partial charge in [-0.3, -0.25) is 14.6 Å². The summed E-state index contributed by atoms with van der Waals surface area (Å²) in [5, 5.41) is 0. The van der Waals surface area contributed by atoms with E-state index in [4.69, 9.17) is 0 Å². The number of amides is 1. The summed E-state index contributed by atoms with van der Waals surface area (Å²) in [7, 11) is 0. The molecule has 0 aromatic rings. The van der Waals surface area contributed by atoms with Gasteiger partial charge in [0.1, 0.15) is 0 Å². The summed E-state index contributed by atoms with van der Waals surface area (Å²) in [4.78, 5) is 27.6. The molecule has 0 aromatic carbocycles. The predicted octanol–water partition coefficient (Wildman–Crippen LogP) is 0.657. The van der Waals surface area contributed by atoms with Crippen LogP contribution in [0.5, 0.6) is 0 Å². The normalized spacial score (nSPS) is 18.9. The zero-order valence-corrected chi connectivity index (χ0v) is 8.69. The van der Waals surface area contributed by atoms with Crippen molar-refractivity contribution in [2.75, 3.05) is 13.1 Å². The molecule has 1 fully saturated rings. The Hall–Kier alpha value is -1.19. The first-order chi connectivity index (χ1) is 6.59. The summed E-state index contributed by atoms with van der Waals surface area (Å²) in [5.41, 5.74) is 0. The Morgan fingerprint density at radius 1 is 1.29 bits per heavy atom. The third-order valence-electron chi connectivity index (χ3n) is 2.38. The van der Waals surface area contributed by atoms with Crippen molar-refractivity contribution in [1.82, 2.24) is 4.90 Å². The third-order valence-corrected chi connectivity index (χ3v) is 2.38. The number of likely N-dealkylation sites (tertiary alicyclic amines) is 1. The number of rotatable bonds is 2. The minimum absolute atomic E-state index is 0.0148. The van der Waals surface area contributed by atoms with Crippen LogP contribution in [-0.4, -0.2) is 41.9 Å². The van der Waals surface area contributed by atoms with Crippen LogP contribution in [0.25, 0.3) is 0 Å². The standard InChI is InChI=1S/C10H16N2O2/c1-8(13)7-11-10-3-5-12(6-4-10)9(2)14/h7,10H,3-6H2,1-2H3. The average Bonchev–Trinajstić information content (AvgIpc) is 2.15. The van der Waals surface area contributed by atoms with E-state index in [0.29, 0.717) is 0 Å². The van der Waals surface area contributed by atoms with Crippen molar-refractivity contribution in [2.24, 2.45) is 4.99 Å². The second-order valence-corrected chi connectivity index (χ2v) is 3.63. The molecule has 1 aliphatic rings. The van der Waals surface area contributed by atoms with Crippen molar-refractivity contribution in [3.05, 3.63) is 0 Å². The summed E-state index contributed by atoms with van der Waals surface area (Å²) in [6, 6.07) is 0.217. The number of hydrogen-bond acceptors (Lipinski definition) is 3. The fraction of sp³-hybridized carbons (Fsp3) is 0.700. The molecule has 0 radical (unpaired) electrons. The Morgan fingerprint density at radius 3 is 2.29 bits per heavy atom. The van der Waals surface area contributed by atoms with Gasteiger partial charge in [0.2, 0.25) is 5.91 Å². The molecule has 0 N–H and O–H groups in total. The van der Waals surface area contributed by atoms with Crippen LogP contribution in [-0.2, 0) is 9.59 Å². The molecule has 0 aliphatic carbocycles. The topological polar surface area (TPSA) is 49.7 Å². The van der Waals surface area contributed by atoms with E-state index in [1.807, 2.05) is 4.90 Å². The second-order valence-electron chi connectivity index (χ2n) is 3.63. The molecule has 78 valence electrons. The van der Waals surface area contributed by atoms with Gasteiger partial charge < -0.3 is 4.90 Å². The van der Waals surface area contributed by atoms with Crippen molar-refractivity contribution in [3.8, 4) is 0 Å². The van der Waals surface area contributed by atoms with E-state index in [1.54, 1.807) is 6.92 Å². The molecule has 0 saturated carbocycles. The maximum absolute atomic E-state index is 11.0. The van der Waals surface area contributed by atoms with Crippen molar-refractivity contribution in [3.63, 3.8) is 0 Å². The molecule has 1 rings (SSSR count). The van der Waals surface area contributed by atoms with Gasteiger partial charge in [-0.25, -0.2) is 0 Å². The van der Waals surface area contributed by atoms with Gasteiger partial charge in [0.25, 0.3) is 0 Å². The van der Waals surface area contributed by atoms with E-state index >= 15 is 0 Å². The number of carbonyl (C=O) groups excluding carboxylic acids is 2. The Kier molecular flexibility index (Phi) is 3.80. The van der Waals surface area contributed by atoms with Gasteiger partial charge in [-0.05, 0) is 12.8 Å². The SMILES string of the molecule is CC(=O)C=NC1CCN(C(C)=O)CC1. The molecule has 1 amide bonds. The maximum Gasteiger partial charge on any atom is 0.219 e. The lowest BCUT2D eigenvalue weighted by Crippen LogP contribution is -2.38. The number of carbonyl (C=O) groups is 2. The molecule has 4 nitrogen and oxygen atoms in total. The smallest absolute Gasteiger partial charge is 0.219 e. The van der Waals surface area contributed by atoms with E-state index < -0.39 is 0 Å². The van der Waals surface area contributed by atoms with Gasteiger partial charge in [0.15, 0.2) is 5.78 Å². The maximum atomic E-state index is 11.0. The minimum atomic E-state index is -0.0148. The third kappa shape index (κ3) is 3.28. The molecule has 1 saturated heterocycles. The van der Waals surface area contributed by atoms with Crippen LogP contribution in [0.15, 0.2) is 4.99 Å². The molecule has 0 aromatic heterocycles. The van der Waals surface area contributed by atoms with Gasteiger partial charge in [-0.1, -0.05) is 0 Å². The number of nitrogens with zero attached hydrogens (tertiary/aromatic N) is 2. The molecule has 0 bridgehead atoms. The van der Waals surface area contributed by atoms with E-state index in [-0.39, 0.29) is 17.7 Å². The van der Waals surface area contributed by atoms with Crippen LogP contribution in [0, 0.1) is 0 Å². The number of hydrogen-bond donors (Lipinski definition) is 0. The van der Waals surface area contributed by atoms with Crippen LogP contribution in [0.1, 0.15) is 26.7 Å². The minimum Gasteiger partial charge on any atom is -0.343 e. The Morgan fingerprint density at radius 2 is 1.86 bits per heavy atom. The van der Waals surface area contributed by atoms with Gasteiger partial charge in [0, 0.05) is 26.9 Å². The van der Waals surface area contributed by atoms with Gasteiger partial charge >= 0.3 is 0 Å². The van der Waals surface area contributed by atoms with E-state index in [9.17, 15) is 9.59 Å². The lowest BCUT2D eigenvalue weighted by molar-refractivity contribution is -0.129. The van der Waals surface area contributed by atoms with Crippen molar-refractivity contribution >= 4 is 17.9 Å². The molecule has 0 atom stereocenters. The molecular formula is C10H16N2O2. The highest BCUT2D eigenvalue weighted by Gasteiger charge is 2.19. The quantitative estimate of drug-likeness (QED) is 0.609. The fourth-order valence-corrected chi connectivity index (χ4v) is 1.54. The highest BCUT2D eigenvalue weighted by molar-refractivity contribution is 6.26. The first-order valence-electron chi connectivity index (χ1n) is 4.89. The zero-order valence-electron chi connectivity index (χ0n) is 8.69. The summed E-state index contributed by atoms with van der Waals surface area (Å²) >= 11 is 0. The molecule has 4 heteroatoms. The molecule has 1 aliphatic heterocycles. The van der Waals surface area contributed by atoms with Crippen LogP contribution >= 0.6 is 0 Å². The highest BCUT2D eigenvalue weighted by atomic mass is 16.2. The summed E-state index contributed by atoms with van der Waals surface area (Å²) in [6.07, 6.45) is 3.11. The van der Waals surface area contributed by atoms with E-state index in [2.05, 4.69) is 4.99 Å². The summed E-state index contributed by atoms with van der Waals surface area (Å²) < 4.78 is 0. The van der Waals surface area contributed by atoms with Crippen molar-refractivity contribution in [1.29, 1.82) is 0 Å². The van der Waals surface area contributed by atoms with Crippen LogP contribution in [0.4, 0.5) is 0 Å². The van der Waals surface area contributed by atoms with Crippen LogP contribution < -0.4 is 0 Å². The predicted molar refractivity (Wildman–Crippen MR) is 54.4 cm³/mol. The van der Waals surface area contributed by atoms with Crippen LogP contribution in [0.2, 0.25) is 0 Å². The molecule has 14 heavy (non-hydrogen) atoms. The first-order valence-corrected chi connectivity index (χ1v) is 4.89. The number of piperidine rings is 1. The molecular weight excluding hydrogens is 180 g/mol. The highest BCUT2D eigenvalue weighted by Crippen LogP contribution is 2.12. The Labute approximate surface area is 84.0 Å². The van der Waals surface area contributed by atoms with Gasteiger partial charge in [-0.2, -0.15) is 0 Å². The fourth-order valence-electron chi connectivity index (χ4n) is 1.54. The average molecular weight is 196 g/mol. The number of Topliss-reactive ketones (excluding diaryl/α,β-unsaturated/α-hetero) is 1. The lowest BCUT2D eigenvalue weighted by Gasteiger charge is -2.29. The van der Waals surface area contributed by atoms with E-state index in [0.717, 1.165) is 25.9 Å². The largest absolute Gasteiger partial charge is 0.343 e. The lowest BCUT2D eigenvalue weighted by atomic mass is 10.1. The number of ketones is 1. The van der Waals surface area contributed by atoms with Gasteiger partial charge in [0.05, 0.1) is 12.3 Å². The molecule has 1 heterocycles. The molecule has 0 spiro atoms. The monoisotopic (exact) mass is 196 g/mol. The van der Waals surface area contributed by atoms with Crippen molar-refractivity contribution in [2.45, 2.75) is 32.7 Å². The first kappa shape index (κ1) is 10.9. The summed E-state index contributed by atoms with van der Waals surface area (Å²) in [6.45, 7) is 4.60. The van der Waals surface area contributed by atoms with E-state index in [1.165, 1.54) is 13.1 Å². The van der Waals surface area contributed by atoms with Crippen molar-refractivity contribution < 1.29 is 9.59 Å². The second kappa shape index (κ2) is 4.88. The Bertz CT molecular complexity index is 253. The molecule has 0 unspecified atom stereocenters. The summed E-state index contributed by atoms with van der Waals surface area (Å²) in [5.74, 6) is 0.109. The number of aliphatic imine (C=N–C) groups is 1. The zero-order chi connectivity index (χ0) is 10.6.